The molecular weight excluding hydrogens is 447 g/mol. The predicted octanol–water partition coefficient (Wildman–Crippen LogP) is 3.88. The lowest BCUT2D eigenvalue weighted by atomic mass is 10.3. The van der Waals surface area contributed by atoms with Crippen LogP contribution in [-0.2, 0) is 19.6 Å². The summed E-state index contributed by atoms with van der Waals surface area (Å²) in [6, 6.07) is 7.10. The molecule has 1 amide bonds. The van der Waals surface area contributed by atoms with E-state index in [1.165, 1.54) is 34.6 Å². The molecular formula is C17H18Cl2N2O5S2. The van der Waals surface area contributed by atoms with E-state index >= 15 is 0 Å². The molecule has 1 N–H and O–H groups in total. The van der Waals surface area contributed by atoms with Gasteiger partial charge >= 0.3 is 5.97 Å². The Hall–Kier alpha value is -1.65. The Morgan fingerprint density at radius 1 is 1.14 bits per heavy atom. The lowest BCUT2D eigenvalue weighted by Crippen LogP contribution is -2.30. The number of sulfonamides is 1. The van der Waals surface area contributed by atoms with Gasteiger partial charge in [-0.3, -0.25) is 4.79 Å². The number of hydrogen-bond donors (Lipinski definition) is 1. The van der Waals surface area contributed by atoms with Crippen molar-refractivity contribution in [2.75, 3.05) is 25.0 Å². The number of carbonyl (C=O) groups excluding carboxylic acids is 2. The van der Waals surface area contributed by atoms with Gasteiger partial charge in [-0.15, -0.1) is 11.3 Å². The maximum Gasteiger partial charge on any atom is 0.341 e. The third-order valence-electron chi connectivity index (χ3n) is 3.69. The molecule has 28 heavy (non-hydrogen) atoms. The van der Waals surface area contributed by atoms with Crippen LogP contribution < -0.4 is 5.32 Å². The van der Waals surface area contributed by atoms with E-state index in [2.05, 4.69) is 5.32 Å². The van der Waals surface area contributed by atoms with Gasteiger partial charge in [0.2, 0.25) is 10.0 Å². The van der Waals surface area contributed by atoms with Crippen LogP contribution in [0.25, 0.3) is 0 Å². The van der Waals surface area contributed by atoms with E-state index in [4.69, 9.17) is 27.9 Å². The highest BCUT2D eigenvalue weighted by atomic mass is 35.5. The fourth-order valence-corrected chi connectivity index (χ4v) is 5.21. The van der Waals surface area contributed by atoms with Gasteiger partial charge in [-0.1, -0.05) is 37.0 Å². The number of rotatable bonds is 8. The summed E-state index contributed by atoms with van der Waals surface area (Å²) >= 11 is 12.6. The molecule has 11 heteroatoms. The van der Waals surface area contributed by atoms with Crippen molar-refractivity contribution in [3.05, 3.63) is 44.6 Å². The SMILES string of the molecule is CCN(CC)S(=O)(=O)c1ccc(NC(=O)COC(=O)c2cc(Cl)sc2Cl)cc1. The summed E-state index contributed by atoms with van der Waals surface area (Å²) in [7, 11) is -3.57. The number of halogens is 2. The Labute approximate surface area is 177 Å². The van der Waals surface area contributed by atoms with Crippen LogP contribution in [0.3, 0.4) is 0 Å². The van der Waals surface area contributed by atoms with Gasteiger partial charge in [0.25, 0.3) is 5.91 Å². The third-order valence-corrected chi connectivity index (χ3v) is 7.24. The number of thiophene rings is 1. The molecule has 0 aliphatic heterocycles. The number of hydrogen-bond acceptors (Lipinski definition) is 6. The first-order valence-corrected chi connectivity index (χ1v) is 11.2. The molecule has 0 aliphatic rings. The number of nitrogens with one attached hydrogen (secondary N) is 1. The summed E-state index contributed by atoms with van der Waals surface area (Å²) in [5.41, 5.74) is 0.464. The minimum Gasteiger partial charge on any atom is -0.452 e. The topological polar surface area (TPSA) is 92.8 Å². The summed E-state index contributed by atoms with van der Waals surface area (Å²) in [6.45, 7) is 3.72. The summed E-state index contributed by atoms with van der Waals surface area (Å²) in [6.07, 6.45) is 0. The average Bonchev–Trinajstić information content (AvgIpc) is 2.99. The molecule has 0 saturated heterocycles. The van der Waals surface area contributed by atoms with Crippen LogP contribution in [0.5, 0.6) is 0 Å². The highest BCUT2D eigenvalue weighted by Gasteiger charge is 2.21. The Morgan fingerprint density at radius 2 is 1.75 bits per heavy atom. The number of amides is 1. The monoisotopic (exact) mass is 464 g/mol. The average molecular weight is 465 g/mol. The number of carbonyl (C=O) groups is 2. The molecule has 1 aromatic carbocycles. The quantitative estimate of drug-likeness (QED) is 0.598. The van der Waals surface area contributed by atoms with E-state index < -0.39 is 28.5 Å². The summed E-state index contributed by atoms with van der Waals surface area (Å²) in [5, 5.41) is 2.52. The molecule has 0 radical (unpaired) electrons. The van der Waals surface area contributed by atoms with Crippen LogP contribution in [0.4, 0.5) is 5.69 Å². The molecule has 0 atom stereocenters. The molecule has 0 unspecified atom stereocenters. The lowest BCUT2D eigenvalue weighted by Gasteiger charge is -2.18. The molecule has 0 spiro atoms. The van der Waals surface area contributed by atoms with E-state index in [9.17, 15) is 18.0 Å². The normalized spacial score (nSPS) is 11.5. The van der Waals surface area contributed by atoms with Crippen molar-refractivity contribution in [1.82, 2.24) is 4.31 Å². The van der Waals surface area contributed by atoms with Gasteiger partial charge in [-0.05, 0) is 30.3 Å². The van der Waals surface area contributed by atoms with Crippen molar-refractivity contribution in [3.63, 3.8) is 0 Å². The number of anilines is 1. The first-order valence-electron chi connectivity index (χ1n) is 8.21. The number of esters is 1. The number of ether oxygens (including phenoxy) is 1. The Balaban J connectivity index is 1.96. The van der Waals surface area contributed by atoms with Crippen molar-refractivity contribution >= 4 is 62.1 Å². The molecule has 1 heterocycles. The zero-order chi connectivity index (χ0) is 20.9. The van der Waals surface area contributed by atoms with Gasteiger partial charge in [0, 0.05) is 18.8 Å². The van der Waals surface area contributed by atoms with Crippen LogP contribution in [0.2, 0.25) is 8.67 Å². The van der Waals surface area contributed by atoms with Crippen LogP contribution in [0.1, 0.15) is 24.2 Å². The van der Waals surface area contributed by atoms with Crippen molar-refractivity contribution < 1.29 is 22.7 Å². The van der Waals surface area contributed by atoms with Crippen molar-refractivity contribution in [2.24, 2.45) is 0 Å². The van der Waals surface area contributed by atoms with E-state index in [0.717, 1.165) is 11.3 Å². The van der Waals surface area contributed by atoms with Crippen molar-refractivity contribution in [2.45, 2.75) is 18.7 Å². The molecule has 1 aromatic heterocycles. The highest BCUT2D eigenvalue weighted by Crippen LogP contribution is 2.31. The Kier molecular flexibility index (Phi) is 7.85. The van der Waals surface area contributed by atoms with Gasteiger partial charge in [0.05, 0.1) is 14.8 Å². The summed E-state index contributed by atoms with van der Waals surface area (Å²) in [4.78, 5) is 24.0. The standard InChI is InChI=1S/C17H18Cl2N2O5S2/c1-3-21(4-2)28(24,25)12-7-5-11(6-8-12)20-15(22)10-26-17(23)13-9-14(18)27-16(13)19/h5-9H,3-4,10H2,1-2H3,(H,20,22). The van der Waals surface area contributed by atoms with Gasteiger partial charge in [-0.25, -0.2) is 13.2 Å². The fraction of sp³-hybridized carbons (Fsp3) is 0.294. The minimum atomic E-state index is -3.57. The summed E-state index contributed by atoms with van der Waals surface area (Å²) < 4.78 is 31.6. The molecule has 2 rings (SSSR count). The molecule has 152 valence electrons. The first-order chi connectivity index (χ1) is 13.2. The molecule has 0 saturated carbocycles. The van der Waals surface area contributed by atoms with E-state index in [-0.39, 0.29) is 14.8 Å². The van der Waals surface area contributed by atoms with Gasteiger partial charge in [-0.2, -0.15) is 4.31 Å². The molecule has 7 nitrogen and oxygen atoms in total. The Morgan fingerprint density at radius 3 is 2.25 bits per heavy atom. The van der Waals surface area contributed by atoms with Crippen LogP contribution in [0.15, 0.2) is 35.2 Å². The zero-order valence-corrected chi connectivity index (χ0v) is 18.2. The molecule has 0 bridgehead atoms. The van der Waals surface area contributed by atoms with E-state index in [1.54, 1.807) is 13.8 Å². The van der Waals surface area contributed by atoms with E-state index in [0.29, 0.717) is 23.1 Å². The molecule has 2 aromatic rings. The third kappa shape index (κ3) is 5.45. The number of nitrogens with zero attached hydrogens (tertiary/aromatic N) is 1. The highest BCUT2D eigenvalue weighted by molar-refractivity contribution is 7.89. The number of benzene rings is 1. The van der Waals surface area contributed by atoms with Crippen LogP contribution in [0, 0.1) is 0 Å². The maximum absolute atomic E-state index is 12.4. The smallest absolute Gasteiger partial charge is 0.341 e. The lowest BCUT2D eigenvalue weighted by molar-refractivity contribution is -0.119. The van der Waals surface area contributed by atoms with Gasteiger partial charge < -0.3 is 10.1 Å². The Bertz CT molecular complexity index is 954. The second-order valence-electron chi connectivity index (χ2n) is 5.48. The minimum absolute atomic E-state index is 0.0930. The van der Waals surface area contributed by atoms with E-state index in [1.807, 2.05) is 0 Å². The first kappa shape index (κ1) is 22.6. The predicted molar refractivity (Wildman–Crippen MR) is 110 cm³/mol. The largest absolute Gasteiger partial charge is 0.452 e. The maximum atomic E-state index is 12.4. The fourth-order valence-electron chi connectivity index (χ4n) is 2.31. The zero-order valence-electron chi connectivity index (χ0n) is 15.1. The van der Waals surface area contributed by atoms with Crippen LogP contribution in [-0.4, -0.2) is 44.3 Å². The second kappa shape index (κ2) is 9.71. The van der Waals surface area contributed by atoms with Crippen molar-refractivity contribution in [3.8, 4) is 0 Å². The summed E-state index contributed by atoms with van der Waals surface area (Å²) in [5.74, 6) is -1.34. The van der Waals surface area contributed by atoms with Gasteiger partial charge in [0.15, 0.2) is 6.61 Å². The van der Waals surface area contributed by atoms with Crippen molar-refractivity contribution in [1.29, 1.82) is 0 Å². The molecule has 0 fully saturated rings. The van der Waals surface area contributed by atoms with Gasteiger partial charge in [0.1, 0.15) is 4.34 Å². The molecule has 0 aliphatic carbocycles. The van der Waals surface area contributed by atoms with Crippen LogP contribution >= 0.6 is 34.5 Å². The second-order valence-corrected chi connectivity index (χ2v) is 9.70.